The molecule has 134 valence electrons. The molecule has 1 saturated carbocycles. The lowest BCUT2D eigenvalue weighted by molar-refractivity contribution is -0.149. The number of carbonyl (C=O) groups is 1. The molecule has 1 aromatic rings. The number of halogens is 4. The predicted molar refractivity (Wildman–Crippen MR) is 86.1 cm³/mol. The third-order valence-corrected chi connectivity index (χ3v) is 5.59. The minimum atomic E-state index is -4.33. The molecule has 1 unspecified atom stereocenters. The normalized spacial score (nSPS) is 28.2. The van der Waals surface area contributed by atoms with Crippen LogP contribution in [0, 0.1) is 11.3 Å². The van der Waals surface area contributed by atoms with Gasteiger partial charge in [0.1, 0.15) is 0 Å². The molecular formula is C17H21ClF3NO2. The fourth-order valence-electron chi connectivity index (χ4n) is 4.13. The number of carboxylic acid groups (broad SMARTS) is 1. The van der Waals surface area contributed by atoms with Gasteiger partial charge in [0.15, 0.2) is 0 Å². The Kier molecular flexibility index (Phi) is 5.21. The van der Waals surface area contributed by atoms with Crippen LogP contribution in [0.2, 0.25) is 0 Å². The number of hydrogen-bond donors (Lipinski definition) is 1. The average molecular weight is 364 g/mol. The molecule has 1 aliphatic heterocycles. The summed E-state index contributed by atoms with van der Waals surface area (Å²) < 4.78 is 37.9. The quantitative estimate of drug-likeness (QED) is 0.866. The third kappa shape index (κ3) is 3.14. The molecule has 0 spiro atoms. The van der Waals surface area contributed by atoms with E-state index in [2.05, 4.69) is 4.90 Å². The lowest BCUT2D eigenvalue weighted by Crippen LogP contribution is -2.36. The van der Waals surface area contributed by atoms with E-state index in [-0.39, 0.29) is 24.4 Å². The van der Waals surface area contributed by atoms with Crippen molar-refractivity contribution in [1.29, 1.82) is 0 Å². The average Bonchev–Trinajstić information content (AvgIpc) is 3.03. The first-order valence-corrected chi connectivity index (χ1v) is 7.89. The van der Waals surface area contributed by atoms with E-state index in [4.69, 9.17) is 0 Å². The zero-order valence-electron chi connectivity index (χ0n) is 13.3. The van der Waals surface area contributed by atoms with Crippen LogP contribution in [0.4, 0.5) is 13.2 Å². The molecule has 0 radical (unpaired) electrons. The molecule has 3 rings (SSSR count). The fourth-order valence-corrected chi connectivity index (χ4v) is 4.13. The summed E-state index contributed by atoms with van der Waals surface area (Å²) in [7, 11) is 0. The zero-order valence-corrected chi connectivity index (χ0v) is 14.2. The molecule has 0 bridgehead atoms. The first-order valence-electron chi connectivity index (χ1n) is 7.89. The van der Waals surface area contributed by atoms with E-state index in [1.165, 1.54) is 12.1 Å². The van der Waals surface area contributed by atoms with Crippen LogP contribution >= 0.6 is 12.4 Å². The monoisotopic (exact) mass is 363 g/mol. The van der Waals surface area contributed by atoms with E-state index in [0.717, 1.165) is 30.5 Å². The summed E-state index contributed by atoms with van der Waals surface area (Å²) in [6.45, 7) is 3.11. The first-order chi connectivity index (χ1) is 10.7. The van der Waals surface area contributed by atoms with Crippen LogP contribution in [-0.2, 0) is 11.0 Å². The second-order valence-corrected chi connectivity index (χ2v) is 6.78. The molecular weight excluding hydrogens is 343 g/mol. The van der Waals surface area contributed by atoms with Crippen LogP contribution in [0.25, 0.3) is 0 Å². The van der Waals surface area contributed by atoms with E-state index >= 15 is 0 Å². The lowest BCUT2D eigenvalue weighted by atomic mass is 9.81. The van der Waals surface area contributed by atoms with E-state index in [1.807, 2.05) is 6.92 Å². The summed E-state index contributed by atoms with van der Waals surface area (Å²) in [5, 5.41) is 9.62. The number of aliphatic carboxylic acids is 1. The van der Waals surface area contributed by atoms with Crippen LogP contribution in [0.3, 0.4) is 0 Å². The van der Waals surface area contributed by atoms with Crippen molar-refractivity contribution in [3.8, 4) is 0 Å². The zero-order chi connectivity index (χ0) is 16.8. The van der Waals surface area contributed by atoms with Crippen LogP contribution in [-0.4, -0.2) is 29.1 Å². The Morgan fingerprint density at radius 2 is 1.96 bits per heavy atom. The highest BCUT2D eigenvalue weighted by atomic mass is 35.5. The van der Waals surface area contributed by atoms with E-state index in [1.54, 1.807) is 0 Å². The van der Waals surface area contributed by atoms with Crippen molar-refractivity contribution in [1.82, 2.24) is 4.90 Å². The molecule has 3 atom stereocenters. The van der Waals surface area contributed by atoms with Crippen LogP contribution in [0.15, 0.2) is 24.3 Å². The second kappa shape index (κ2) is 6.56. The molecule has 2 aliphatic rings. The Balaban J connectivity index is 0.00000208. The number of carboxylic acids is 1. The highest BCUT2D eigenvalue weighted by Crippen LogP contribution is 2.50. The summed E-state index contributed by atoms with van der Waals surface area (Å²) in [5.74, 6) is -0.584. The number of benzene rings is 1. The Labute approximate surface area is 145 Å². The van der Waals surface area contributed by atoms with Gasteiger partial charge in [-0.3, -0.25) is 9.69 Å². The van der Waals surface area contributed by atoms with Gasteiger partial charge >= 0.3 is 12.1 Å². The van der Waals surface area contributed by atoms with Crippen molar-refractivity contribution in [2.24, 2.45) is 11.3 Å². The Hall–Kier alpha value is -1.27. The molecule has 1 heterocycles. The van der Waals surface area contributed by atoms with Crippen molar-refractivity contribution in [2.45, 2.75) is 38.4 Å². The van der Waals surface area contributed by atoms with Gasteiger partial charge < -0.3 is 5.11 Å². The number of hydrogen-bond acceptors (Lipinski definition) is 2. The van der Waals surface area contributed by atoms with E-state index in [9.17, 15) is 23.1 Å². The van der Waals surface area contributed by atoms with Gasteiger partial charge in [0, 0.05) is 19.1 Å². The maximum absolute atomic E-state index is 12.6. The molecule has 7 heteroatoms. The molecule has 24 heavy (non-hydrogen) atoms. The molecule has 3 nitrogen and oxygen atoms in total. The highest BCUT2D eigenvalue weighted by molar-refractivity contribution is 5.85. The smallest absolute Gasteiger partial charge is 0.416 e. The van der Waals surface area contributed by atoms with Crippen LogP contribution < -0.4 is 0 Å². The number of nitrogens with zero attached hydrogens (tertiary/aromatic N) is 1. The number of alkyl halides is 3. The van der Waals surface area contributed by atoms with E-state index in [0.29, 0.717) is 19.5 Å². The van der Waals surface area contributed by atoms with Crippen molar-refractivity contribution in [3.05, 3.63) is 35.4 Å². The van der Waals surface area contributed by atoms with Gasteiger partial charge in [-0.2, -0.15) is 13.2 Å². The fraction of sp³-hybridized carbons (Fsp3) is 0.588. The van der Waals surface area contributed by atoms with Gasteiger partial charge in [-0.05, 0) is 43.4 Å². The molecule has 2 fully saturated rings. The largest absolute Gasteiger partial charge is 0.481 e. The van der Waals surface area contributed by atoms with Crippen molar-refractivity contribution in [2.75, 3.05) is 13.1 Å². The van der Waals surface area contributed by atoms with Gasteiger partial charge in [0.25, 0.3) is 0 Å². The summed E-state index contributed by atoms with van der Waals surface area (Å²) >= 11 is 0. The van der Waals surface area contributed by atoms with Gasteiger partial charge in [0.05, 0.1) is 11.0 Å². The topological polar surface area (TPSA) is 40.5 Å². The number of rotatable bonds is 3. The van der Waals surface area contributed by atoms with Crippen LogP contribution in [0.5, 0.6) is 0 Å². The molecule has 1 saturated heterocycles. The van der Waals surface area contributed by atoms with Gasteiger partial charge in [-0.15, -0.1) is 12.4 Å². The third-order valence-electron chi connectivity index (χ3n) is 5.59. The standard InChI is InChI=1S/C17H20F3NO2.ClH/c1-11(12-4-6-13(7-5-12)17(18,19)20)21-9-14-3-2-8-16(14,10-21)15(22)23;/h4-7,11,14H,2-3,8-10H2,1H3,(H,22,23);1H/t11?,14-,16+;/m0./s1. The van der Waals surface area contributed by atoms with Crippen molar-refractivity contribution >= 4 is 18.4 Å². The summed E-state index contributed by atoms with van der Waals surface area (Å²) in [6.07, 6.45) is -1.77. The lowest BCUT2D eigenvalue weighted by Gasteiger charge is -2.27. The Morgan fingerprint density at radius 1 is 1.33 bits per heavy atom. The molecule has 1 N–H and O–H groups in total. The summed E-state index contributed by atoms with van der Waals surface area (Å²) in [5.41, 5.74) is -0.535. The number of likely N-dealkylation sites (tertiary alicyclic amines) is 1. The maximum Gasteiger partial charge on any atom is 0.416 e. The Morgan fingerprint density at radius 3 is 2.46 bits per heavy atom. The minimum Gasteiger partial charge on any atom is -0.481 e. The van der Waals surface area contributed by atoms with E-state index < -0.39 is 23.1 Å². The Bertz CT molecular complexity index is 605. The molecule has 0 amide bonds. The molecule has 1 aliphatic carbocycles. The predicted octanol–water partition coefficient (Wildman–Crippen LogP) is 4.37. The summed E-state index contributed by atoms with van der Waals surface area (Å²) in [6, 6.07) is 5.09. The van der Waals surface area contributed by atoms with Crippen LogP contribution in [0.1, 0.15) is 43.4 Å². The SMILES string of the molecule is CC(c1ccc(C(F)(F)F)cc1)N1C[C@@H]2CCC[C@@]2(C(=O)O)C1.Cl. The number of fused-ring (bicyclic) bond motifs is 1. The maximum atomic E-state index is 12.6. The second-order valence-electron chi connectivity index (χ2n) is 6.78. The van der Waals surface area contributed by atoms with Gasteiger partial charge in [0.2, 0.25) is 0 Å². The molecule has 1 aromatic carbocycles. The molecule has 0 aromatic heterocycles. The van der Waals surface area contributed by atoms with Crippen molar-refractivity contribution in [3.63, 3.8) is 0 Å². The first kappa shape index (κ1) is 19.1. The van der Waals surface area contributed by atoms with Crippen molar-refractivity contribution < 1.29 is 23.1 Å². The highest BCUT2D eigenvalue weighted by Gasteiger charge is 2.55. The summed E-state index contributed by atoms with van der Waals surface area (Å²) in [4.78, 5) is 13.8. The van der Waals surface area contributed by atoms with Gasteiger partial charge in [-0.25, -0.2) is 0 Å². The van der Waals surface area contributed by atoms with Gasteiger partial charge in [-0.1, -0.05) is 18.6 Å². The minimum absolute atomic E-state index is 0.